The van der Waals surface area contributed by atoms with Crippen LogP contribution in [0, 0.1) is 34.6 Å². The van der Waals surface area contributed by atoms with E-state index in [4.69, 9.17) is 11.0 Å². The summed E-state index contributed by atoms with van der Waals surface area (Å²) in [6, 6.07) is 31.0. The maximum absolute atomic E-state index is 15.0. The van der Waals surface area contributed by atoms with Gasteiger partial charge in [0, 0.05) is 48.6 Å². The number of carbonyl (C=O) groups is 4. The smallest absolute Gasteiger partial charge is 0.428 e. The summed E-state index contributed by atoms with van der Waals surface area (Å²) in [5, 5.41) is 12.3. The van der Waals surface area contributed by atoms with E-state index in [1.165, 1.54) is 43.3 Å². The number of hydrogen-bond acceptors (Lipinski definition) is 7. The number of primary amides is 1. The van der Waals surface area contributed by atoms with Crippen LogP contribution in [-0.4, -0.2) is 48.8 Å². The van der Waals surface area contributed by atoms with Gasteiger partial charge in [0.2, 0.25) is 5.91 Å². The van der Waals surface area contributed by atoms with Crippen molar-refractivity contribution in [3.05, 3.63) is 272 Å². The number of carbonyl (C=O) groups excluding carboxylic acids is 4. The minimum atomic E-state index is -5.21. The number of nitriles is 1. The predicted octanol–water partition coefficient (Wildman–Crippen LogP) is 16.0. The Morgan fingerprint density at radius 3 is 1.09 bits per heavy atom. The zero-order chi connectivity index (χ0) is 69.0. The fourth-order valence-corrected chi connectivity index (χ4v) is 9.17. The molecule has 0 fully saturated rings. The van der Waals surface area contributed by atoms with E-state index in [9.17, 15) is 103 Å². The van der Waals surface area contributed by atoms with Gasteiger partial charge < -0.3 is 25.8 Å². The van der Waals surface area contributed by atoms with Gasteiger partial charge in [-0.25, -0.2) is 17.6 Å². The van der Waals surface area contributed by atoms with Crippen molar-refractivity contribution in [2.75, 3.05) is 0 Å². The molecular weight excluding hydrogens is 1280 g/mol. The molecule has 8 rings (SSSR count). The van der Waals surface area contributed by atoms with Crippen molar-refractivity contribution in [2.24, 2.45) is 5.73 Å². The first-order chi connectivity index (χ1) is 43.4. The summed E-state index contributed by atoms with van der Waals surface area (Å²) in [5.41, 5.74) is -4.43. The number of benzene rings is 8. The van der Waals surface area contributed by atoms with E-state index in [1.54, 1.807) is 54.6 Å². The quantitative estimate of drug-likeness (QED) is 0.0506. The minimum absolute atomic E-state index is 0.0214. The third kappa shape index (κ3) is 18.0. The second-order valence-corrected chi connectivity index (χ2v) is 19.7. The molecule has 3 amide bonds. The highest BCUT2D eigenvalue weighted by atomic mass is 19.4. The van der Waals surface area contributed by atoms with Crippen molar-refractivity contribution in [1.29, 1.82) is 5.26 Å². The van der Waals surface area contributed by atoms with Crippen LogP contribution in [0.1, 0.15) is 92.9 Å². The largest absolute Gasteiger partial charge is 0.461 e. The topological polar surface area (TPSA) is 161 Å². The van der Waals surface area contributed by atoms with Crippen LogP contribution in [-0.2, 0) is 36.3 Å². The Labute approximate surface area is 514 Å². The van der Waals surface area contributed by atoms with E-state index in [1.807, 2.05) is 0 Å². The first kappa shape index (κ1) is 71.7. The Kier molecular flexibility index (Phi) is 22.5. The fraction of sp³-hybridized carbons (Fsp3) is 0.172. The number of nitrogens with two attached hydrogens (primary N) is 1. The maximum atomic E-state index is 15.0. The summed E-state index contributed by atoms with van der Waals surface area (Å²) in [5.74, 6) is -11.5. The summed E-state index contributed by atoms with van der Waals surface area (Å²) in [6.07, 6.45) is -29.9. The lowest BCUT2D eigenvalue weighted by Crippen LogP contribution is -2.49. The summed E-state index contributed by atoms with van der Waals surface area (Å²) < 4.78 is 267. The van der Waals surface area contributed by atoms with Crippen molar-refractivity contribution in [3.8, 4) is 17.6 Å². The van der Waals surface area contributed by atoms with Gasteiger partial charge in [-0.1, -0.05) is 84.9 Å². The van der Waals surface area contributed by atoms with Gasteiger partial charge >= 0.3 is 43.5 Å². The zero-order valence-corrected chi connectivity index (χ0v) is 47.0. The third-order valence-corrected chi connectivity index (χ3v) is 13.4. The fourth-order valence-electron chi connectivity index (χ4n) is 9.17. The molecule has 93 heavy (non-hydrogen) atoms. The Morgan fingerprint density at radius 2 is 0.785 bits per heavy atom. The molecule has 0 aromatic heterocycles. The molecule has 10 nitrogen and oxygen atoms in total. The average Bonchev–Trinajstić information content (AvgIpc) is 0.863. The molecule has 8 aromatic carbocycles. The molecule has 0 aliphatic heterocycles. The second-order valence-electron chi connectivity index (χ2n) is 19.7. The van der Waals surface area contributed by atoms with Gasteiger partial charge in [0.25, 0.3) is 11.8 Å². The molecular formula is C64H43F19N4O6. The Morgan fingerprint density at radius 1 is 0.462 bits per heavy atom. The summed E-state index contributed by atoms with van der Waals surface area (Å²) in [7, 11) is 0. The van der Waals surface area contributed by atoms with E-state index in [0.717, 1.165) is 54.6 Å². The molecule has 0 aliphatic carbocycles. The van der Waals surface area contributed by atoms with Crippen LogP contribution in [0.2, 0.25) is 0 Å². The van der Waals surface area contributed by atoms with Gasteiger partial charge in [-0.3, -0.25) is 19.2 Å². The molecule has 2 atom stereocenters. The molecule has 8 aromatic rings. The molecule has 488 valence electrons. The van der Waals surface area contributed by atoms with Crippen LogP contribution in [0.15, 0.2) is 182 Å². The van der Waals surface area contributed by atoms with Crippen LogP contribution in [0.4, 0.5) is 83.4 Å². The van der Waals surface area contributed by atoms with Gasteiger partial charge in [0.05, 0.1) is 33.8 Å². The number of halogens is 19. The van der Waals surface area contributed by atoms with Gasteiger partial charge in [0.15, 0.2) is 0 Å². The standard InChI is InChI=1S/C31H19F10NO3.C31H21F9N2O3.C2H3N/c32-22-13-21(14-23(15-22)45-31(40,41)28(35)36)29(16-17-4-2-1-3-5-17,20-9-6-18(7-10-20)26(34)43)42-27(44)19-8-11-25(33)24(12-19)30(37,38)39;32-22-13-21(14-23(15-22)45-31(39,40)28(34)35)29(16-17-4-2-1-3-5-17,20-9-6-18(7-10-20)26(41)43)42-27(44)19-8-11-25(33)24(12-19)30(36,37)38;1-2-3/h1-15,28H,16H2,(H,42,44);1-15,28H,16H2,(H2,41,43)(H,42,44);1H3/t2*29-;/m11./s1. The number of rotatable bonds is 20. The minimum Gasteiger partial charge on any atom is -0.428 e. The average molecular weight is 1330 g/mol. The molecule has 0 radical (unpaired) electrons. The van der Waals surface area contributed by atoms with Crippen LogP contribution in [0.3, 0.4) is 0 Å². The summed E-state index contributed by atoms with van der Waals surface area (Å²) in [6.45, 7) is 1.43. The number of alkyl halides is 14. The van der Waals surface area contributed by atoms with E-state index in [2.05, 4.69) is 20.1 Å². The molecule has 0 unspecified atom stereocenters. The molecule has 29 heteroatoms. The first-order valence-electron chi connectivity index (χ1n) is 26.2. The van der Waals surface area contributed by atoms with Crippen molar-refractivity contribution >= 4 is 23.8 Å². The van der Waals surface area contributed by atoms with Crippen molar-refractivity contribution in [2.45, 2.75) is 68.3 Å². The van der Waals surface area contributed by atoms with Crippen LogP contribution in [0.5, 0.6) is 11.5 Å². The molecule has 0 aliphatic rings. The first-order valence-corrected chi connectivity index (χ1v) is 26.2. The number of ether oxygens (including phenoxy) is 2. The number of nitrogens with zero attached hydrogens (tertiary/aromatic N) is 1. The summed E-state index contributed by atoms with van der Waals surface area (Å²) in [4.78, 5) is 50.2. The second kappa shape index (κ2) is 29.3. The summed E-state index contributed by atoms with van der Waals surface area (Å²) >= 11 is 0. The monoisotopic (exact) mass is 1320 g/mol. The van der Waals surface area contributed by atoms with E-state index >= 15 is 0 Å². The van der Waals surface area contributed by atoms with Crippen molar-refractivity contribution in [1.82, 2.24) is 10.6 Å². The highest BCUT2D eigenvalue weighted by Crippen LogP contribution is 2.42. The lowest BCUT2D eigenvalue weighted by Gasteiger charge is -2.37. The van der Waals surface area contributed by atoms with E-state index < -0.39 is 147 Å². The molecule has 0 saturated heterocycles. The molecule has 4 N–H and O–H groups in total. The lowest BCUT2D eigenvalue weighted by atomic mass is 9.77. The third-order valence-electron chi connectivity index (χ3n) is 13.4. The van der Waals surface area contributed by atoms with E-state index in [0.29, 0.717) is 41.5 Å². The van der Waals surface area contributed by atoms with Crippen molar-refractivity contribution < 1.29 is 112 Å². The van der Waals surface area contributed by atoms with E-state index in [-0.39, 0.29) is 40.8 Å². The number of hydrogen-bond donors (Lipinski definition) is 3. The Balaban J connectivity index is 0.000000283. The van der Waals surface area contributed by atoms with Crippen LogP contribution >= 0.6 is 0 Å². The highest BCUT2D eigenvalue weighted by Gasteiger charge is 2.47. The Hall–Kier alpha value is -10.4. The van der Waals surface area contributed by atoms with Gasteiger partial charge in [-0.05, 0) is 118 Å². The highest BCUT2D eigenvalue weighted by molar-refractivity contribution is 5.96. The predicted molar refractivity (Wildman–Crippen MR) is 294 cm³/mol. The number of nitrogens with one attached hydrogen (secondary N) is 2. The van der Waals surface area contributed by atoms with Crippen LogP contribution < -0.4 is 25.8 Å². The zero-order valence-electron chi connectivity index (χ0n) is 47.0. The lowest BCUT2D eigenvalue weighted by molar-refractivity contribution is -0.253. The molecule has 0 bridgehead atoms. The maximum Gasteiger partial charge on any atom is 0.461 e. The van der Waals surface area contributed by atoms with Crippen molar-refractivity contribution in [3.63, 3.8) is 0 Å². The molecule has 0 spiro atoms. The van der Waals surface area contributed by atoms with Gasteiger partial charge in [-0.15, -0.1) is 0 Å². The normalized spacial score (nSPS) is 13.0. The van der Waals surface area contributed by atoms with Gasteiger partial charge in [0.1, 0.15) is 34.8 Å². The van der Waals surface area contributed by atoms with Gasteiger partial charge in [-0.2, -0.15) is 71.1 Å². The number of amides is 3. The molecule has 0 saturated carbocycles. The SMILES string of the molecule is CC#N.NC(=O)c1ccc([C@@](Cc2ccccc2)(NC(=O)c2ccc(F)c(C(F)(F)F)c2)c2cc(F)cc(OC(F)(F)C(F)F)c2)cc1.O=C(F)c1ccc([C@@](Cc2ccccc2)(NC(=O)c2ccc(F)c(C(F)(F)F)c2)c2cc(F)cc(OC(F)(F)C(F)F)c2)cc1. The van der Waals surface area contributed by atoms with Crippen LogP contribution in [0.25, 0.3) is 0 Å². The Bertz CT molecular complexity index is 3750. The molecule has 0 heterocycles.